The number of imidazole rings is 1. The second kappa shape index (κ2) is 11.9. The van der Waals surface area contributed by atoms with E-state index in [0.29, 0.717) is 78.8 Å². The summed E-state index contributed by atoms with van der Waals surface area (Å²) in [6, 6.07) is 13.3. The summed E-state index contributed by atoms with van der Waals surface area (Å²) in [5.74, 6) is 1.07. The minimum Gasteiger partial charge on any atom is -0.378 e. The van der Waals surface area contributed by atoms with Crippen LogP contribution in [0.1, 0.15) is 21.6 Å². The number of carbonyl (C=O) groups excluding carboxylic acids is 1. The lowest BCUT2D eigenvalue weighted by Gasteiger charge is -2.25. The predicted octanol–water partition coefficient (Wildman–Crippen LogP) is 4.25. The van der Waals surface area contributed by atoms with Crippen molar-refractivity contribution >= 4 is 57.5 Å². The minimum absolute atomic E-state index is 0.137. The number of rotatable bonds is 8. The standard InChI is InChI=1S/C26H24ClIN8O2/c27-20-11-17(13-28)1-3-19(20)21-12-24-33-22(25(37)35-7-9-38-10-8-35)16-36(24)26(34-21)31-6-5-30-23-4-2-18(14-29)15-32-23/h1-4,11-12,15-16H,5-10,13H2,(H,30,32)(H,31,34). The molecule has 0 unspecified atom stereocenters. The molecular formula is C26H24ClIN8O2. The molecule has 1 aliphatic rings. The largest absolute Gasteiger partial charge is 0.378 e. The van der Waals surface area contributed by atoms with Gasteiger partial charge in [0.2, 0.25) is 5.95 Å². The average molecular weight is 643 g/mol. The van der Waals surface area contributed by atoms with E-state index in [1.54, 1.807) is 27.6 Å². The number of pyridine rings is 1. The number of halogens is 2. The van der Waals surface area contributed by atoms with E-state index >= 15 is 0 Å². The Morgan fingerprint density at radius 3 is 2.66 bits per heavy atom. The fourth-order valence-electron chi connectivity index (χ4n) is 4.06. The Morgan fingerprint density at radius 1 is 1.13 bits per heavy atom. The van der Waals surface area contributed by atoms with Crippen molar-refractivity contribution in [1.29, 1.82) is 5.26 Å². The van der Waals surface area contributed by atoms with Crippen molar-refractivity contribution in [3.63, 3.8) is 0 Å². The number of alkyl halides is 1. The van der Waals surface area contributed by atoms with Crippen molar-refractivity contribution in [2.24, 2.45) is 0 Å². The van der Waals surface area contributed by atoms with Gasteiger partial charge in [0.15, 0.2) is 0 Å². The van der Waals surface area contributed by atoms with E-state index in [9.17, 15) is 4.79 Å². The molecule has 10 nitrogen and oxygen atoms in total. The number of anilines is 2. The van der Waals surface area contributed by atoms with Gasteiger partial charge < -0.3 is 20.3 Å². The molecule has 0 saturated carbocycles. The topological polar surface area (TPSA) is 120 Å². The molecule has 1 fully saturated rings. The third-order valence-corrected chi connectivity index (χ3v) is 7.24. The lowest BCUT2D eigenvalue weighted by atomic mass is 10.1. The SMILES string of the molecule is N#Cc1ccc(NCCNc2nc(-c3ccc(CI)cc3Cl)cc3nc(C(=O)N4CCOCC4)cn23)nc1. The molecule has 1 aliphatic heterocycles. The molecule has 1 amide bonds. The number of ether oxygens (including phenoxy) is 1. The third kappa shape index (κ3) is 5.82. The second-order valence-electron chi connectivity index (χ2n) is 8.57. The summed E-state index contributed by atoms with van der Waals surface area (Å²) >= 11 is 8.92. The number of benzene rings is 1. The fraction of sp³-hybridized carbons (Fsp3) is 0.269. The molecule has 2 N–H and O–H groups in total. The van der Waals surface area contributed by atoms with Gasteiger partial charge in [0.1, 0.15) is 23.2 Å². The molecular weight excluding hydrogens is 619 g/mol. The summed E-state index contributed by atoms with van der Waals surface area (Å²) in [7, 11) is 0. The number of hydrogen-bond donors (Lipinski definition) is 2. The van der Waals surface area contributed by atoms with E-state index in [1.165, 1.54) is 6.20 Å². The highest BCUT2D eigenvalue weighted by atomic mass is 127. The van der Waals surface area contributed by atoms with Crippen LogP contribution >= 0.6 is 34.2 Å². The fourth-order valence-corrected chi connectivity index (χ4v) is 4.84. The zero-order chi connectivity index (χ0) is 26.5. The first-order valence-electron chi connectivity index (χ1n) is 12.0. The molecule has 5 rings (SSSR count). The van der Waals surface area contributed by atoms with Crippen LogP contribution in [0.4, 0.5) is 11.8 Å². The van der Waals surface area contributed by atoms with Crippen molar-refractivity contribution < 1.29 is 9.53 Å². The molecule has 0 radical (unpaired) electrons. The maximum Gasteiger partial charge on any atom is 0.274 e. The smallest absolute Gasteiger partial charge is 0.274 e. The average Bonchev–Trinajstić information content (AvgIpc) is 3.40. The van der Waals surface area contributed by atoms with Gasteiger partial charge in [0, 0.05) is 54.6 Å². The van der Waals surface area contributed by atoms with E-state index in [4.69, 9.17) is 26.6 Å². The summed E-state index contributed by atoms with van der Waals surface area (Å²) in [4.78, 5) is 28.6. The Labute approximate surface area is 238 Å². The predicted molar refractivity (Wildman–Crippen MR) is 154 cm³/mol. The van der Waals surface area contributed by atoms with Gasteiger partial charge in [0.25, 0.3) is 5.91 Å². The number of carbonyl (C=O) groups is 1. The number of amides is 1. The Balaban J connectivity index is 1.42. The molecule has 0 aliphatic carbocycles. The lowest BCUT2D eigenvalue weighted by Crippen LogP contribution is -2.40. The lowest BCUT2D eigenvalue weighted by molar-refractivity contribution is 0.0299. The maximum absolute atomic E-state index is 13.1. The number of aromatic nitrogens is 4. The number of nitrogens with one attached hydrogen (secondary N) is 2. The van der Waals surface area contributed by atoms with Gasteiger partial charge in [-0.3, -0.25) is 9.20 Å². The van der Waals surface area contributed by atoms with Crippen molar-refractivity contribution in [3.05, 3.63) is 70.6 Å². The van der Waals surface area contributed by atoms with Crippen molar-refractivity contribution in [2.75, 3.05) is 50.0 Å². The van der Waals surface area contributed by atoms with Crippen LogP contribution in [-0.2, 0) is 9.16 Å². The minimum atomic E-state index is -0.137. The van der Waals surface area contributed by atoms with Crippen LogP contribution in [0.25, 0.3) is 16.9 Å². The van der Waals surface area contributed by atoms with Crippen LogP contribution in [0.5, 0.6) is 0 Å². The first-order valence-corrected chi connectivity index (χ1v) is 13.9. The highest BCUT2D eigenvalue weighted by molar-refractivity contribution is 14.1. The maximum atomic E-state index is 13.1. The van der Waals surface area contributed by atoms with E-state index in [2.05, 4.69) is 49.3 Å². The van der Waals surface area contributed by atoms with Crippen molar-refractivity contribution in [1.82, 2.24) is 24.3 Å². The van der Waals surface area contributed by atoms with Crippen molar-refractivity contribution in [2.45, 2.75) is 4.43 Å². The van der Waals surface area contributed by atoms with E-state index in [0.717, 1.165) is 15.6 Å². The van der Waals surface area contributed by atoms with Crippen LogP contribution in [0.3, 0.4) is 0 Å². The summed E-state index contributed by atoms with van der Waals surface area (Å²) in [6.07, 6.45) is 3.23. The quantitative estimate of drug-likeness (QED) is 0.166. The molecule has 0 spiro atoms. The van der Waals surface area contributed by atoms with E-state index < -0.39 is 0 Å². The number of morpholine rings is 1. The highest BCUT2D eigenvalue weighted by Gasteiger charge is 2.22. The molecule has 3 aromatic heterocycles. The number of fused-ring (bicyclic) bond motifs is 1. The van der Waals surface area contributed by atoms with Crippen LogP contribution in [0.15, 0.2) is 48.8 Å². The van der Waals surface area contributed by atoms with E-state index in [1.807, 2.05) is 24.3 Å². The Bertz CT molecular complexity index is 1500. The Hall–Kier alpha value is -3.47. The van der Waals surface area contributed by atoms with Gasteiger partial charge in [-0.1, -0.05) is 46.3 Å². The summed E-state index contributed by atoms with van der Waals surface area (Å²) in [6.45, 7) is 3.17. The molecule has 1 aromatic carbocycles. The highest BCUT2D eigenvalue weighted by Crippen LogP contribution is 2.30. The molecule has 4 aromatic rings. The van der Waals surface area contributed by atoms with Crippen LogP contribution in [-0.4, -0.2) is 69.6 Å². The zero-order valence-corrected chi connectivity index (χ0v) is 23.2. The Kier molecular flexibility index (Phi) is 8.21. The summed E-state index contributed by atoms with van der Waals surface area (Å²) in [5, 5.41) is 16.1. The summed E-state index contributed by atoms with van der Waals surface area (Å²) < 4.78 is 8.01. The monoisotopic (exact) mass is 642 g/mol. The normalized spacial score (nSPS) is 13.3. The van der Waals surface area contributed by atoms with Gasteiger partial charge in [-0.2, -0.15) is 5.26 Å². The number of hydrogen-bond acceptors (Lipinski definition) is 8. The number of nitrogens with zero attached hydrogens (tertiary/aromatic N) is 6. The van der Waals surface area contributed by atoms with Gasteiger partial charge in [-0.25, -0.2) is 15.0 Å². The van der Waals surface area contributed by atoms with Gasteiger partial charge >= 0.3 is 0 Å². The van der Waals surface area contributed by atoms with Gasteiger partial charge in [0.05, 0.1) is 29.5 Å². The molecule has 0 atom stereocenters. The van der Waals surface area contributed by atoms with Gasteiger partial charge in [-0.05, 0) is 23.8 Å². The second-order valence-corrected chi connectivity index (χ2v) is 9.74. The van der Waals surface area contributed by atoms with Crippen LogP contribution < -0.4 is 10.6 Å². The molecule has 4 heterocycles. The van der Waals surface area contributed by atoms with Crippen LogP contribution in [0.2, 0.25) is 5.02 Å². The first kappa shape index (κ1) is 26.1. The van der Waals surface area contributed by atoms with E-state index in [-0.39, 0.29) is 5.91 Å². The zero-order valence-electron chi connectivity index (χ0n) is 20.3. The number of nitriles is 1. The van der Waals surface area contributed by atoms with Crippen molar-refractivity contribution in [3.8, 4) is 17.3 Å². The summed E-state index contributed by atoms with van der Waals surface area (Å²) in [5.41, 5.74) is 4.01. The molecule has 38 heavy (non-hydrogen) atoms. The first-order chi connectivity index (χ1) is 18.6. The molecule has 1 saturated heterocycles. The molecule has 0 bridgehead atoms. The third-order valence-electron chi connectivity index (χ3n) is 6.04. The Morgan fingerprint density at radius 2 is 1.95 bits per heavy atom. The molecule has 194 valence electrons. The molecule has 12 heteroatoms. The van der Waals surface area contributed by atoms with Crippen LogP contribution in [0, 0.1) is 11.3 Å². The van der Waals surface area contributed by atoms with Gasteiger partial charge in [-0.15, -0.1) is 0 Å².